The van der Waals surface area contributed by atoms with Gasteiger partial charge in [0.2, 0.25) is 0 Å². The van der Waals surface area contributed by atoms with Crippen molar-refractivity contribution >= 4 is 17.3 Å². The van der Waals surface area contributed by atoms with E-state index in [9.17, 15) is 4.79 Å². The molecule has 0 spiro atoms. The molecule has 4 nitrogen and oxygen atoms in total. The van der Waals surface area contributed by atoms with Crippen LogP contribution in [0.3, 0.4) is 0 Å². The van der Waals surface area contributed by atoms with Crippen LogP contribution in [0.2, 0.25) is 0 Å². The van der Waals surface area contributed by atoms with E-state index in [1.54, 1.807) is 18.4 Å². The lowest BCUT2D eigenvalue weighted by molar-refractivity contribution is -0.137. The molecule has 21 heavy (non-hydrogen) atoms. The number of carboxylic acids is 1. The number of methoxy groups -OCH3 is 1. The predicted octanol–water partition coefficient (Wildman–Crippen LogP) is 3.20. The van der Waals surface area contributed by atoms with E-state index < -0.39 is 5.97 Å². The Labute approximate surface area is 128 Å². The van der Waals surface area contributed by atoms with Gasteiger partial charge in [-0.25, -0.2) is 0 Å². The first kappa shape index (κ1) is 15.7. The monoisotopic (exact) mass is 305 g/mol. The van der Waals surface area contributed by atoms with Crippen LogP contribution in [0.25, 0.3) is 0 Å². The maximum Gasteiger partial charge on any atom is 0.305 e. The molecule has 0 amide bonds. The number of hydrogen-bond donors (Lipinski definition) is 2. The number of thiophene rings is 1. The van der Waals surface area contributed by atoms with Gasteiger partial charge in [0.15, 0.2) is 0 Å². The van der Waals surface area contributed by atoms with E-state index in [2.05, 4.69) is 5.32 Å². The molecule has 1 aromatic carbocycles. The van der Waals surface area contributed by atoms with Crippen molar-refractivity contribution in [3.8, 4) is 0 Å². The van der Waals surface area contributed by atoms with Gasteiger partial charge in [-0.3, -0.25) is 4.79 Å². The molecule has 1 atom stereocenters. The Morgan fingerprint density at radius 3 is 2.67 bits per heavy atom. The van der Waals surface area contributed by atoms with Crippen molar-refractivity contribution in [2.24, 2.45) is 0 Å². The molecule has 1 heterocycles. The standard InChI is InChI=1S/C16H19NO3S/c1-20-11-13-6-3-2-5-12(13)10-17-14(9-16(18)19)15-7-4-8-21-15/h2-8,14,17H,9-11H2,1H3,(H,18,19). The molecule has 0 radical (unpaired) electrons. The zero-order valence-corrected chi connectivity index (χ0v) is 12.7. The van der Waals surface area contributed by atoms with Crippen molar-refractivity contribution < 1.29 is 14.6 Å². The molecule has 0 saturated heterocycles. The Hall–Kier alpha value is -1.69. The molecule has 0 fully saturated rings. The molecule has 112 valence electrons. The second kappa shape index (κ2) is 7.93. The van der Waals surface area contributed by atoms with Crippen LogP contribution in [0.15, 0.2) is 41.8 Å². The van der Waals surface area contributed by atoms with Crippen molar-refractivity contribution in [1.82, 2.24) is 5.32 Å². The molecule has 0 aliphatic carbocycles. The maximum atomic E-state index is 11.0. The summed E-state index contributed by atoms with van der Waals surface area (Å²) in [5.41, 5.74) is 2.25. The molecule has 1 aromatic heterocycles. The predicted molar refractivity (Wildman–Crippen MR) is 83.3 cm³/mol. The summed E-state index contributed by atoms with van der Waals surface area (Å²) in [6.07, 6.45) is 0.0763. The van der Waals surface area contributed by atoms with Crippen LogP contribution in [0, 0.1) is 0 Å². The molecule has 0 bridgehead atoms. The van der Waals surface area contributed by atoms with Crippen LogP contribution in [0.5, 0.6) is 0 Å². The summed E-state index contributed by atoms with van der Waals surface area (Å²) in [7, 11) is 1.67. The second-order valence-electron chi connectivity index (χ2n) is 4.75. The first-order chi connectivity index (χ1) is 10.2. The van der Waals surface area contributed by atoms with Crippen LogP contribution >= 0.6 is 11.3 Å². The third-order valence-corrected chi connectivity index (χ3v) is 4.21. The van der Waals surface area contributed by atoms with Gasteiger partial charge in [0.05, 0.1) is 19.1 Å². The summed E-state index contributed by atoms with van der Waals surface area (Å²) < 4.78 is 5.19. The van der Waals surface area contributed by atoms with Crippen molar-refractivity contribution in [2.75, 3.05) is 7.11 Å². The summed E-state index contributed by atoms with van der Waals surface area (Å²) >= 11 is 1.57. The smallest absolute Gasteiger partial charge is 0.305 e. The van der Waals surface area contributed by atoms with E-state index in [4.69, 9.17) is 9.84 Å². The highest BCUT2D eigenvalue weighted by molar-refractivity contribution is 7.10. The van der Waals surface area contributed by atoms with Gasteiger partial charge in [-0.15, -0.1) is 11.3 Å². The van der Waals surface area contributed by atoms with Crippen molar-refractivity contribution in [2.45, 2.75) is 25.6 Å². The highest BCUT2D eigenvalue weighted by Gasteiger charge is 2.16. The van der Waals surface area contributed by atoms with Gasteiger partial charge >= 0.3 is 5.97 Å². The summed E-state index contributed by atoms with van der Waals surface area (Å²) in [6.45, 7) is 1.18. The first-order valence-electron chi connectivity index (χ1n) is 6.75. The van der Waals surface area contributed by atoms with Gasteiger partial charge in [-0.2, -0.15) is 0 Å². The molecule has 2 rings (SSSR count). The Morgan fingerprint density at radius 2 is 2.05 bits per heavy atom. The Balaban J connectivity index is 2.06. The number of nitrogens with one attached hydrogen (secondary N) is 1. The lowest BCUT2D eigenvalue weighted by atomic mass is 10.1. The fourth-order valence-electron chi connectivity index (χ4n) is 2.20. The van der Waals surface area contributed by atoms with E-state index in [0.717, 1.165) is 16.0 Å². The third-order valence-electron chi connectivity index (χ3n) is 3.22. The number of aliphatic carboxylic acids is 1. The van der Waals surface area contributed by atoms with Crippen molar-refractivity contribution in [3.05, 3.63) is 57.8 Å². The Bertz CT molecular complexity index is 569. The average Bonchev–Trinajstić information content (AvgIpc) is 2.99. The Kier molecular flexibility index (Phi) is 5.92. The zero-order chi connectivity index (χ0) is 15.1. The fourth-order valence-corrected chi connectivity index (χ4v) is 3.00. The van der Waals surface area contributed by atoms with E-state index in [1.807, 2.05) is 41.8 Å². The minimum Gasteiger partial charge on any atom is -0.481 e. The van der Waals surface area contributed by atoms with E-state index in [-0.39, 0.29) is 12.5 Å². The van der Waals surface area contributed by atoms with Crippen molar-refractivity contribution in [1.29, 1.82) is 0 Å². The largest absolute Gasteiger partial charge is 0.481 e. The molecule has 2 N–H and O–H groups in total. The molecule has 1 unspecified atom stereocenters. The van der Waals surface area contributed by atoms with E-state index >= 15 is 0 Å². The van der Waals surface area contributed by atoms with Crippen LogP contribution < -0.4 is 5.32 Å². The summed E-state index contributed by atoms with van der Waals surface area (Å²) in [4.78, 5) is 12.1. The van der Waals surface area contributed by atoms with Gasteiger partial charge in [-0.05, 0) is 22.6 Å². The van der Waals surface area contributed by atoms with E-state index in [1.165, 1.54) is 0 Å². The number of carboxylic acid groups (broad SMARTS) is 1. The number of benzene rings is 1. The van der Waals surface area contributed by atoms with Gasteiger partial charge < -0.3 is 15.2 Å². The summed E-state index contributed by atoms with van der Waals surface area (Å²) in [5, 5.41) is 14.4. The lowest BCUT2D eigenvalue weighted by Gasteiger charge is -2.17. The molecule has 0 aliphatic rings. The minimum absolute atomic E-state index is 0.0763. The van der Waals surface area contributed by atoms with Gasteiger partial charge in [0.25, 0.3) is 0 Å². The molecular formula is C16H19NO3S. The number of rotatable bonds is 8. The topological polar surface area (TPSA) is 58.6 Å². The van der Waals surface area contributed by atoms with Gasteiger partial charge in [0.1, 0.15) is 0 Å². The number of ether oxygens (including phenoxy) is 1. The highest BCUT2D eigenvalue weighted by atomic mass is 32.1. The maximum absolute atomic E-state index is 11.0. The van der Waals surface area contributed by atoms with Crippen LogP contribution in [0.1, 0.15) is 28.5 Å². The molecular weight excluding hydrogens is 286 g/mol. The summed E-state index contributed by atoms with van der Waals surface area (Å²) in [6, 6.07) is 11.8. The van der Waals surface area contributed by atoms with Crippen molar-refractivity contribution in [3.63, 3.8) is 0 Å². The number of carbonyl (C=O) groups is 1. The molecule has 0 saturated carbocycles. The summed E-state index contributed by atoms with van der Waals surface area (Å²) in [5.74, 6) is -0.800. The quantitative estimate of drug-likeness (QED) is 0.786. The number of hydrogen-bond acceptors (Lipinski definition) is 4. The van der Waals surface area contributed by atoms with Gasteiger partial charge in [-0.1, -0.05) is 30.3 Å². The van der Waals surface area contributed by atoms with Crippen LogP contribution in [-0.2, 0) is 22.7 Å². The van der Waals surface area contributed by atoms with E-state index in [0.29, 0.717) is 13.2 Å². The van der Waals surface area contributed by atoms with Crippen LogP contribution in [-0.4, -0.2) is 18.2 Å². The Morgan fingerprint density at radius 1 is 1.29 bits per heavy atom. The normalized spacial score (nSPS) is 12.2. The average molecular weight is 305 g/mol. The molecule has 2 aromatic rings. The SMILES string of the molecule is COCc1ccccc1CNC(CC(=O)O)c1cccs1. The minimum atomic E-state index is -0.800. The second-order valence-corrected chi connectivity index (χ2v) is 5.73. The third kappa shape index (κ3) is 4.67. The highest BCUT2D eigenvalue weighted by Crippen LogP contribution is 2.23. The lowest BCUT2D eigenvalue weighted by Crippen LogP contribution is -2.23. The van der Waals surface area contributed by atoms with Crippen LogP contribution in [0.4, 0.5) is 0 Å². The first-order valence-corrected chi connectivity index (χ1v) is 7.63. The van der Waals surface area contributed by atoms with Gasteiger partial charge in [0, 0.05) is 18.5 Å². The molecule has 0 aliphatic heterocycles. The zero-order valence-electron chi connectivity index (χ0n) is 11.9. The fraction of sp³-hybridized carbons (Fsp3) is 0.312. The molecule has 5 heteroatoms.